The maximum absolute atomic E-state index is 14.6. The van der Waals surface area contributed by atoms with E-state index in [1.165, 1.54) is 47.7 Å². The van der Waals surface area contributed by atoms with Gasteiger partial charge in [0.25, 0.3) is 22.2 Å². The molecule has 7 aromatic carbocycles. The standard InChI is InChI=1S/C48H42N2O4S2.CH4/c1-3-5-7-9-11-13-17-49-45(51)31-21-27-25-15-19-56-44(25)30-24-34-36-32(46(52)50(48(34)54)18-14-12-10-8-6-4-2)22-28-26-16-20-55-43(26)29-23-33(47(49)53)35(31)41-37(27)40(30)42(36)38(28)39(29)41;/h15-16,19-24H,3-14,17-18H2,1-2H3;1H4. The molecule has 4 heterocycles. The number of thiophene rings is 2. The van der Waals surface area contributed by atoms with Crippen molar-refractivity contribution >= 4 is 129 Å². The fourth-order valence-corrected chi connectivity index (χ4v) is 12.4. The number of rotatable bonds is 14. The van der Waals surface area contributed by atoms with Gasteiger partial charge in [-0.1, -0.05) is 85.5 Å². The van der Waals surface area contributed by atoms with E-state index in [1.807, 2.05) is 24.3 Å². The summed E-state index contributed by atoms with van der Waals surface area (Å²) in [7, 11) is 0. The predicted molar refractivity (Wildman–Crippen MR) is 248 cm³/mol. The van der Waals surface area contributed by atoms with Gasteiger partial charge in [-0.3, -0.25) is 28.3 Å². The number of benzene rings is 7. The average molecular weight is 791 g/mol. The number of fused-ring (bicyclic) bond motifs is 6. The van der Waals surface area contributed by atoms with Crippen LogP contribution in [0.1, 0.15) is 98.3 Å². The van der Waals surface area contributed by atoms with Crippen LogP contribution in [0, 0.1) is 0 Å². The number of pyridine rings is 2. The summed E-state index contributed by atoms with van der Waals surface area (Å²) in [4.78, 5) is 58.4. The minimum absolute atomic E-state index is 0. The molecule has 0 aliphatic rings. The van der Waals surface area contributed by atoms with Crippen molar-refractivity contribution in [1.29, 1.82) is 0 Å². The molecule has 288 valence electrons. The Bertz CT molecular complexity index is 3120. The molecule has 0 amide bonds. The largest absolute Gasteiger partial charge is 0.274 e. The van der Waals surface area contributed by atoms with Crippen LogP contribution in [-0.4, -0.2) is 9.13 Å². The zero-order valence-corrected chi connectivity index (χ0v) is 33.5. The van der Waals surface area contributed by atoms with Crippen LogP contribution in [0.2, 0.25) is 0 Å². The van der Waals surface area contributed by atoms with Gasteiger partial charge in [-0.25, -0.2) is 0 Å². The molecule has 57 heavy (non-hydrogen) atoms. The average Bonchev–Trinajstić information content (AvgIpc) is 3.91. The van der Waals surface area contributed by atoms with Crippen LogP contribution in [0.5, 0.6) is 0 Å². The number of aromatic nitrogens is 2. The highest BCUT2D eigenvalue weighted by Gasteiger charge is 2.30. The summed E-state index contributed by atoms with van der Waals surface area (Å²) in [5.41, 5.74) is -0.862. The van der Waals surface area contributed by atoms with E-state index in [9.17, 15) is 19.2 Å². The third kappa shape index (κ3) is 4.86. The molecule has 0 radical (unpaired) electrons. The van der Waals surface area contributed by atoms with E-state index >= 15 is 0 Å². The van der Waals surface area contributed by atoms with Crippen molar-refractivity contribution in [2.45, 2.75) is 111 Å². The Kier molecular flexibility index (Phi) is 8.69. The molecular formula is C49H46N2O4S2. The maximum Gasteiger partial charge on any atom is 0.261 e. The Labute approximate surface area is 336 Å². The SMILES string of the molecule is C.CCCCCCCCn1c(=O)c2cc3c4ccsc4c4cc5c(=O)n(CCCCCCCC)c(=O)c6cc7c8ccsc8c8cc(c1=O)c2c1c3c4c(c65)c7c81. The van der Waals surface area contributed by atoms with Gasteiger partial charge in [0, 0.05) is 97.9 Å². The van der Waals surface area contributed by atoms with Crippen LogP contribution in [0.25, 0.3) is 106 Å². The second-order valence-electron chi connectivity index (χ2n) is 16.3. The zero-order valence-electron chi connectivity index (χ0n) is 31.9. The van der Waals surface area contributed by atoms with Gasteiger partial charge in [-0.05, 0) is 81.5 Å². The molecular weight excluding hydrogens is 745 g/mol. The summed E-state index contributed by atoms with van der Waals surface area (Å²) in [6.45, 7) is 5.23. The zero-order chi connectivity index (χ0) is 38.0. The van der Waals surface area contributed by atoms with E-state index in [-0.39, 0.29) is 29.7 Å². The van der Waals surface area contributed by atoms with E-state index in [1.54, 1.807) is 22.7 Å². The van der Waals surface area contributed by atoms with Crippen molar-refractivity contribution in [3.8, 4) is 0 Å². The smallest absolute Gasteiger partial charge is 0.261 e. The summed E-state index contributed by atoms with van der Waals surface area (Å²) in [6, 6.07) is 12.5. The summed E-state index contributed by atoms with van der Waals surface area (Å²) in [5, 5.41) is 20.1. The number of hydrogen-bond donors (Lipinski definition) is 0. The van der Waals surface area contributed by atoms with Crippen LogP contribution in [0.3, 0.4) is 0 Å². The first-order chi connectivity index (χ1) is 27.4. The first kappa shape index (κ1) is 36.4. The Morgan fingerprint density at radius 1 is 0.386 bits per heavy atom. The number of nitrogens with zero attached hydrogens (tertiary/aromatic N) is 2. The minimum Gasteiger partial charge on any atom is -0.274 e. The molecule has 0 bridgehead atoms. The fourth-order valence-electron chi connectivity index (χ4n) is 10.5. The molecule has 11 rings (SSSR count). The van der Waals surface area contributed by atoms with Gasteiger partial charge in [0.15, 0.2) is 0 Å². The second-order valence-corrected chi connectivity index (χ2v) is 18.1. The maximum atomic E-state index is 14.6. The Morgan fingerprint density at radius 3 is 1.11 bits per heavy atom. The lowest BCUT2D eigenvalue weighted by molar-refractivity contribution is 0.545. The molecule has 8 heteroatoms. The van der Waals surface area contributed by atoms with E-state index in [0.717, 1.165) is 123 Å². The minimum atomic E-state index is -0.216. The molecule has 0 spiro atoms. The first-order valence-electron chi connectivity index (χ1n) is 20.7. The second kappa shape index (κ2) is 13.6. The van der Waals surface area contributed by atoms with E-state index in [2.05, 4.69) is 36.7 Å². The van der Waals surface area contributed by atoms with Crippen molar-refractivity contribution in [1.82, 2.24) is 9.13 Å². The van der Waals surface area contributed by atoms with Crippen LogP contribution in [0.15, 0.2) is 66.3 Å². The van der Waals surface area contributed by atoms with Crippen molar-refractivity contribution in [3.05, 3.63) is 88.6 Å². The number of hydrogen-bond acceptors (Lipinski definition) is 6. The highest BCUT2D eigenvalue weighted by Crippen LogP contribution is 2.55. The van der Waals surface area contributed by atoms with E-state index in [4.69, 9.17) is 0 Å². The first-order valence-corrected chi connectivity index (χ1v) is 22.4. The van der Waals surface area contributed by atoms with Crippen LogP contribution >= 0.6 is 22.7 Å². The van der Waals surface area contributed by atoms with Gasteiger partial charge in [0.2, 0.25) is 0 Å². The molecule has 0 saturated carbocycles. The van der Waals surface area contributed by atoms with E-state index in [0.29, 0.717) is 34.6 Å². The molecule has 0 saturated heterocycles. The van der Waals surface area contributed by atoms with Crippen LogP contribution in [-0.2, 0) is 13.1 Å². The van der Waals surface area contributed by atoms with Crippen LogP contribution < -0.4 is 22.2 Å². The van der Waals surface area contributed by atoms with Gasteiger partial charge in [0.1, 0.15) is 0 Å². The van der Waals surface area contributed by atoms with E-state index < -0.39 is 0 Å². The molecule has 0 fully saturated rings. The van der Waals surface area contributed by atoms with Gasteiger partial charge in [-0.15, -0.1) is 22.7 Å². The third-order valence-corrected chi connectivity index (χ3v) is 15.0. The Hall–Kier alpha value is -4.92. The molecule has 11 aromatic rings. The van der Waals surface area contributed by atoms with Crippen molar-refractivity contribution in [2.24, 2.45) is 0 Å². The van der Waals surface area contributed by atoms with Gasteiger partial charge < -0.3 is 0 Å². The highest BCUT2D eigenvalue weighted by molar-refractivity contribution is 7.19. The molecule has 0 atom stereocenters. The molecule has 0 N–H and O–H groups in total. The lowest BCUT2D eigenvalue weighted by atomic mass is 9.79. The molecule has 4 aromatic heterocycles. The summed E-state index contributed by atoms with van der Waals surface area (Å²) < 4.78 is 5.14. The van der Waals surface area contributed by atoms with Crippen molar-refractivity contribution < 1.29 is 0 Å². The van der Waals surface area contributed by atoms with Gasteiger partial charge in [0.05, 0.1) is 0 Å². The van der Waals surface area contributed by atoms with Gasteiger partial charge in [-0.2, -0.15) is 0 Å². The highest BCUT2D eigenvalue weighted by atomic mass is 32.1. The topological polar surface area (TPSA) is 78.1 Å². The lowest BCUT2D eigenvalue weighted by Crippen LogP contribution is -2.33. The normalized spacial score (nSPS) is 12.8. The summed E-state index contributed by atoms with van der Waals surface area (Å²) in [5.74, 6) is 0. The summed E-state index contributed by atoms with van der Waals surface area (Å²) in [6.07, 6.45) is 12.9. The third-order valence-electron chi connectivity index (χ3n) is 13.1. The van der Waals surface area contributed by atoms with Crippen molar-refractivity contribution in [3.63, 3.8) is 0 Å². The molecule has 0 unspecified atom stereocenters. The molecule has 0 aliphatic carbocycles. The van der Waals surface area contributed by atoms with Gasteiger partial charge >= 0.3 is 0 Å². The summed E-state index contributed by atoms with van der Waals surface area (Å²) >= 11 is 3.30. The fraction of sp³-hybridized carbons (Fsp3) is 0.347. The van der Waals surface area contributed by atoms with Crippen molar-refractivity contribution in [2.75, 3.05) is 0 Å². The molecule has 6 nitrogen and oxygen atoms in total. The monoisotopic (exact) mass is 790 g/mol. The van der Waals surface area contributed by atoms with Crippen LogP contribution in [0.4, 0.5) is 0 Å². The Balaban J connectivity index is 0.00000396. The molecule has 0 aliphatic heterocycles. The number of unbranched alkanes of at least 4 members (excludes halogenated alkanes) is 10. The predicted octanol–water partition coefficient (Wildman–Crippen LogP) is 12.9. The Morgan fingerprint density at radius 2 is 0.719 bits per heavy atom. The lowest BCUT2D eigenvalue weighted by Gasteiger charge is -2.24. The quantitative estimate of drug-likeness (QED) is 0.0624.